The van der Waals surface area contributed by atoms with Gasteiger partial charge < -0.3 is 5.32 Å². The molecule has 1 N–H and O–H groups in total. The van der Waals surface area contributed by atoms with E-state index in [2.05, 4.69) is 34.1 Å². The third kappa shape index (κ3) is 3.03. The molecule has 0 aromatic carbocycles. The normalized spacial score (nSPS) is 12.2. The third-order valence-electron chi connectivity index (χ3n) is 2.82. The molecule has 1 unspecified atom stereocenters. The highest BCUT2D eigenvalue weighted by atomic mass is 15.0. The molecule has 2 heterocycles. The van der Waals surface area contributed by atoms with E-state index in [0.717, 1.165) is 23.8 Å². The van der Waals surface area contributed by atoms with E-state index < -0.39 is 0 Å². The molecule has 4 nitrogen and oxygen atoms in total. The van der Waals surface area contributed by atoms with Gasteiger partial charge >= 0.3 is 0 Å². The number of nitrogens with zero attached hydrogens (tertiary/aromatic N) is 3. The van der Waals surface area contributed by atoms with Gasteiger partial charge in [-0.2, -0.15) is 0 Å². The molecule has 2 rings (SSSR count). The molecule has 0 aliphatic heterocycles. The predicted molar refractivity (Wildman–Crippen MR) is 72.4 cm³/mol. The number of nitrogens with one attached hydrogen (secondary N) is 1. The van der Waals surface area contributed by atoms with Gasteiger partial charge in [-0.3, -0.25) is 4.98 Å². The minimum Gasteiger partial charge on any atom is -0.363 e. The van der Waals surface area contributed by atoms with Crippen molar-refractivity contribution in [2.24, 2.45) is 0 Å². The molecular formula is C14H18N4. The summed E-state index contributed by atoms with van der Waals surface area (Å²) in [5, 5.41) is 3.39. The first-order valence-corrected chi connectivity index (χ1v) is 6.20. The average molecular weight is 242 g/mol. The van der Waals surface area contributed by atoms with Crippen LogP contribution >= 0.6 is 0 Å². The predicted octanol–water partition coefficient (Wildman–Crippen LogP) is 2.92. The standard InChI is InChI=1S/C14H18N4/c1-4-13-9-14(18-11(3)17-13)16-10(2)12-5-7-15-8-6-12/h5-10H,4H2,1-3H3,(H,16,17,18). The first kappa shape index (κ1) is 12.5. The van der Waals surface area contributed by atoms with Crippen LogP contribution in [0.15, 0.2) is 30.6 Å². The van der Waals surface area contributed by atoms with Crippen molar-refractivity contribution in [2.45, 2.75) is 33.2 Å². The Bertz CT molecular complexity index is 510. The summed E-state index contributed by atoms with van der Waals surface area (Å²) in [6.45, 7) is 6.12. The Balaban J connectivity index is 2.16. The molecule has 0 aliphatic rings. The first-order valence-electron chi connectivity index (χ1n) is 6.20. The van der Waals surface area contributed by atoms with Crippen molar-refractivity contribution in [3.8, 4) is 0 Å². The van der Waals surface area contributed by atoms with Crippen molar-refractivity contribution < 1.29 is 0 Å². The smallest absolute Gasteiger partial charge is 0.130 e. The fourth-order valence-corrected chi connectivity index (χ4v) is 1.84. The van der Waals surface area contributed by atoms with E-state index >= 15 is 0 Å². The van der Waals surface area contributed by atoms with Crippen molar-refractivity contribution in [3.63, 3.8) is 0 Å². The molecule has 0 spiro atoms. The van der Waals surface area contributed by atoms with Gasteiger partial charge in [0.2, 0.25) is 0 Å². The summed E-state index contributed by atoms with van der Waals surface area (Å²) in [5.74, 6) is 1.68. The van der Waals surface area contributed by atoms with E-state index in [1.807, 2.05) is 25.1 Å². The monoisotopic (exact) mass is 242 g/mol. The quantitative estimate of drug-likeness (QED) is 0.895. The second kappa shape index (κ2) is 5.58. The Morgan fingerprint density at radius 3 is 2.61 bits per heavy atom. The second-order valence-corrected chi connectivity index (χ2v) is 4.29. The molecule has 0 radical (unpaired) electrons. The zero-order valence-corrected chi connectivity index (χ0v) is 11.0. The van der Waals surface area contributed by atoms with E-state index in [-0.39, 0.29) is 6.04 Å². The molecule has 0 fully saturated rings. The summed E-state index contributed by atoms with van der Waals surface area (Å²) in [4.78, 5) is 12.8. The third-order valence-corrected chi connectivity index (χ3v) is 2.82. The highest BCUT2D eigenvalue weighted by Gasteiger charge is 2.07. The SMILES string of the molecule is CCc1cc(NC(C)c2ccncc2)nc(C)n1. The van der Waals surface area contributed by atoms with Crippen LogP contribution in [0.3, 0.4) is 0 Å². The molecule has 1 atom stereocenters. The Morgan fingerprint density at radius 2 is 1.94 bits per heavy atom. The maximum atomic E-state index is 4.41. The van der Waals surface area contributed by atoms with Gasteiger partial charge in [-0.25, -0.2) is 9.97 Å². The lowest BCUT2D eigenvalue weighted by Crippen LogP contribution is -2.09. The molecule has 4 heteroatoms. The van der Waals surface area contributed by atoms with Crippen molar-refractivity contribution >= 4 is 5.82 Å². The van der Waals surface area contributed by atoms with Crippen molar-refractivity contribution in [1.82, 2.24) is 15.0 Å². The topological polar surface area (TPSA) is 50.7 Å². The van der Waals surface area contributed by atoms with Crippen LogP contribution in [-0.2, 0) is 6.42 Å². The van der Waals surface area contributed by atoms with Crippen molar-refractivity contribution in [3.05, 3.63) is 47.7 Å². The summed E-state index contributed by atoms with van der Waals surface area (Å²) in [5.41, 5.74) is 2.26. The maximum Gasteiger partial charge on any atom is 0.130 e. The van der Waals surface area contributed by atoms with Gasteiger partial charge in [0.25, 0.3) is 0 Å². The van der Waals surface area contributed by atoms with Crippen LogP contribution in [-0.4, -0.2) is 15.0 Å². The Hall–Kier alpha value is -1.97. The molecule has 2 aromatic heterocycles. The van der Waals surface area contributed by atoms with Crippen LogP contribution in [0, 0.1) is 6.92 Å². The van der Waals surface area contributed by atoms with Crippen LogP contribution in [0.5, 0.6) is 0 Å². The van der Waals surface area contributed by atoms with Gasteiger partial charge in [-0.15, -0.1) is 0 Å². The van der Waals surface area contributed by atoms with Gasteiger partial charge in [0.15, 0.2) is 0 Å². The van der Waals surface area contributed by atoms with Gasteiger partial charge in [0.05, 0.1) is 6.04 Å². The number of rotatable bonds is 4. The Kier molecular flexibility index (Phi) is 3.87. The van der Waals surface area contributed by atoms with Gasteiger partial charge in [-0.05, 0) is 38.0 Å². The van der Waals surface area contributed by atoms with E-state index in [9.17, 15) is 0 Å². The lowest BCUT2D eigenvalue weighted by molar-refractivity contribution is 0.855. The second-order valence-electron chi connectivity index (χ2n) is 4.29. The van der Waals surface area contributed by atoms with Crippen LogP contribution in [0.25, 0.3) is 0 Å². The number of hydrogen-bond acceptors (Lipinski definition) is 4. The lowest BCUT2D eigenvalue weighted by atomic mass is 10.1. The number of anilines is 1. The molecule has 18 heavy (non-hydrogen) atoms. The number of aromatic nitrogens is 3. The number of aryl methyl sites for hydroxylation is 2. The van der Waals surface area contributed by atoms with Gasteiger partial charge in [0, 0.05) is 24.2 Å². The summed E-state index contributed by atoms with van der Waals surface area (Å²) in [6.07, 6.45) is 4.52. The molecular weight excluding hydrogens is 224 g/mol. The van der Waals surface area contributed by atoms with Crippen molar-refractivity contribution in [1.29, 1.82) is 0 Å². The zero-order chi connectivity index (χ0) is 13.0. The maximum absolute atomic E-state index is 4.41. The van der Waals surface area contributed by atoms with E-state index in [0.29, 0.717) is 0 Å². The average Bonchev–Trinajstić information content (AvgIpc) is 2.39. The Labute approximate surface area is 108 Å². The Morgan fingerprint density at radius 1 is 1.22 bits per heavy atom. The first-order chi connectivity index (χ1) is 8.69. The van der Waals surface area contributed by atoms with E-state index in [1.54, 1.807) is 12.4 Å². The molecule has 0 saturated heterocycles. The minimum absolute atomic E-state index is 0.201. The summed E-state index contributed by atoms with van der Waals surface area (Å²) in [6, 6.07) is 6.22. The highest BCUT2D eigenvalue weighted by Crippen LogP contribution is 2.17. The number of pyridine rings is 1. The molecule has 0 bridgehead atoms. The van der Waals surface area contributed by atoms with Gasteiger partial charge in [-0.1, -0.05) is 6.92 Å². The van der Waals surface area contributed by atoms with E-state index in [1.165, 1.54) is 5.56 Å². The fourth-order valence-electron chi connectivity index (χ4n) is 1.84. The summed E-state index contributed by atoms with van der Waals surface area (Å²) < 4.78 is 0. The summed E-state index contributed by atoms with van der Waals surface area (Å²) in [7, 11) is 0. The van der Waals surface area contributed by atoms with Crippen LogP contribution in [0.2, 0.25) is 0 Å². The molecule has 94 valence electrons. The zero-order valence-electron chi connectivity index (χ0n) is 11.0. The van der Waals surface area contributed by atoms with Crippen molar-refractivity contribution in [2.75, 3.05) is 5.32 Å². The molecule has 0 aliphatic carbocycles. The summed E-state index contributed by atoms with van der Waals surface area (Å²) >= 11 is 0. The largest absolute Gasteiger partial charge is 0.363 e. The highest BCUT2D eigenvalue weighted by molar-refractivity contribution is 5.39. The lowest BCUT2D eigenvalue weighted by Gasteiger charge is -2.15. The van der Waals surface area contributed by atoms with E-state index in [4.69, 9.17) is 0 Å². The number of hydrogen-bond donors (Lipinski definition) is 1. The van der Waals surface area contributed by atoms with Crippen LogP contribution in [0.1, 0.15) is 37.0 Å². The van der Waals surface area contributed by atoms with Gasteiger partial charge in [0.1, 0.15) is 11.6 Å². The van der Waals surface area contributed by atoms with Crippen LogP contribution < -0.4 is 5.32 Å². The molecule has 0 saturated carbocycles. The molecule has 2 aromatic rings. The molecule has 0 amide bonds. The fraction of sp³-hybridized carbons (Fsp3) is 0.357. The minimum atomic E-state index is 0.201. The van der Waals surface area contributed by atoms with Crippen LogP contribution in [0.4, 0.5) is 5.82 Å².